The van der Waals surface area contributed by atoms with Crippen LogP contribution in [0.25, 0.3) is 0 Å². The van der Waals surface area contributed by atoms with E-state index in [9.17, 15) is 9.59 Å². The predicted octanol–water partition coefficient (Wildman–Crippen LogP) is 1.75. The van der Waals surface area contributed by atoms with Crippen molar-refractivity contribution < 1.29 is 19.4 Å². The van der Waals surface area contributed by atoms with Gasteiger partial charge in [0.2, 0.25) is 0 Å². The maximum atomic E-state index is 12.0. The Morgan fingerprint density at radius 2 is 1.94 bits per heavy atom. The van der Waals surface area contributed by atoms with E-state index in [1.54, 1.807) is 6.07 Å². The molecule has 0 aliphatic carbocycles. The fourth-order valence-corrected chi connectivity index (χ4v) is 2.60. The van der Waals surface area contributed by atoms with Crippen LogP contribution in [-0.4, -0.2) is 35.7 Å². The van der Waals surface area contributed by atoms with Crippen LogP contribution in [0.3, 0.4) is 0 Å². The third-order valence-electron chi connectivity index (χ3n) is 3.05. The molecule has 1 saturated heterocycles. The van der Waals surface area contributed by atoms with Crippen molar-refractivity contribution in [3.8, 4) is 0 Å². The van der Waals surface area contributed by atoms with Crippen molar-refractivity contribution in [2.24, 2.45) is 0 Å². The van der Waals surface area contributed by atoms with E-state index < -0.39 is 5.97 Å². The van der Waals surface area contributed by atoms with E-state index in [1.165, 1.54) is 6.07 Å². The highest BCUT2D eigenvalue weighted by molar-refractivity contribution is 7.15. The summed E-state index contributed by atoms with van der Waals surface area (Å²) in [5.41, 5.74) is -0.261. The first-order valence-electron chi connectivity index (χ1n) is 5.74. The second-order valence-electron chi connectivity index (χ2n) is 4.60. The molecule has 2 heterocycles. The Balaban J connectivity index is 2.04. The van der Waals surface area contributed by atoms with Crippen molar-refractivity contribution >= 4 is 23.2 Å². The largest absolute Gasteiger partial charge is 0.477 e. The molecule has 18 heavy (non-hydrogen) atoms. The molecule has 6 heteroatoms. The van der Waals surface area contributed by atoms with Gasteiger partial charge in [-0.15, -0.1) is 11.3 Å². The number of rotatable bonds is 3. The van der Waals surface area contributed by atoms with Crippen molar-refractivity contribution in [1.82, 2.24) is 5.32 Å². The van der Waals surface area contributed by atoms with Gasteiger partial charge in [-0.3, -0.25) is 4.79 Å². The standard InChI is InChI=1S/C12H15NO4S/c1-12(4-6-17-7-5-12)13-10(14)8-2-3-9(18-8)11(15)16/h2-3H,4-7H2,1H3,(H,13,14)(H,15,16). The minimum atomic E-state index is -1.00. The predicted molar refractivity (Wildman–Crippen MR) is 67.2 cm³/mol. The van der Waals surface area contributed by atoms with Gasteiger partial charge in [-0.1, -0.05) is 0 Å². The minimum Gasteiger partial charge on any atom is -0.477 e. The molecule has 0 saturated carbocycles. The van der Waals surface area contributed by atoms with Crippen molar-refractivity contribution in [3.63, 3.8) is 0 Å². The van der Waals surface area contributed by atoms with Gasteiger partial charge >= 0.3 is 5.97 Å². The Morgan fingerprint density at radius 1 is 1.33 bits per heavy atom. The van der Waals surface area contributed by atoms with Crippen LogP contribution in [0.15, 0.2) is 12.1 Å². The van der Waals surface area contributed by atoms with E-state index in [2.05, 4.69) is 5.32 Å². The number of carbonyl (C=O) groups is 2. The lowest BCUT2D eigenvalue weighted by molar-refractivity contribution is 0.0424. The third-order valence-corrected chi connectivity index (χ3v) is 4.12. The lowest BCUT2D eigenvalue weighted by Crippen LogP contribution is -2.49. The lowest BCUT2D eigenvalue weighted by Gasteiger charge is -2.34. The molecule has 0 unspecified atom stereocenters. The van der Waals surface area contributed by atoms with Crippen LogP contribution in [0.1, 0.15) is 39.1 Å². The summed E-state index contributed by atoms with van der Waals surface area (Å²) in [5.74, 6) is -1.21. The molecule has 1 amide bonds. The molecule has 0 aromatic carbocycles. The van der Waals surface area contributed by atoms with Crippen molar-refractivity contribution in [3.05, 3.63) is 21.9 Å². The van der Waals surface area contributed by atoms with Gasteiger partial charge in [0.25, 0.3) is 5.91 Å². The number of hydrogen-bond donors (Lipinski definition) is 2. The van der Waals surface area contributed by atoms with Crippen molar-refractivity contribution in [1.29, 1.82) is 0 Å². The zero-order valence-corrected chi connectivity index (χ0v) is 10.9. The summed E-state index contributed by atoms with van der Waals surface area (Å²) in [7, 11) is 0. The molecule has 1 aromatic heterocycles. The highest BCUT2D eigenvalue weighted by Crippen LogP contribution is 2.22. The highest BCUT2D eigenvalue weighted by Gasteiger charge is 2.29. The van der Waals surface area contributed by atoms with E-state index in [0.29, 0.717) is 18.1 Å². The van der Waals surface area contributed by atoms with E-state index in [1.807, 2.05) is 6.92 Å². The molecule has 0 spiro atoms. The molecule has 5 nitrogen and oxygen atoms in total. The smallest absolute Gasteiger partial charge is 0.345 e. The van der Waals surface area contributed by atoms with Gasteiger partial charge in [0.05, 0.1) is 4.88 Å². The second kappa shape index (κ2) is 5.07. The van der Waals surface area contributed by atoms with Crippen LogP contribution < -0.4 is 5.32 Å². The Kier molecular flexibility index (Phi) is 3.68. The van der Waals surface area contributed by atoms with E-state index in [-0.39, 0.29) is 16.3 Å². The zero-order valence-electron chi connectivity index (χ0n) is 10.1. The number of carboxylic acid groups (broad SMARTS) is 1. The SMILES string of the molecule is CC1(NC(=O)c2ccc(C(=O)O)s2)CCOCC1. The molecular formula is C12H15NO4S. The number of nitrogens with one attached hydrogen (secondary N) is 1. The van der Waals surface area contributed by atoms with Crippen molar-refractivity contribution in [2.45, 2.75) is 25.3 Å². The van der Waals surface area contributed by atoms with Crippen LogP contribution in [0.2, 0.25) is 0 Å². The molecule has 1 aliphatic rings. The first-order chi connectivity index (χ1) is 8.50. The summed E-state index contributed by atoms with van der Waals surface area (Å²) >= 11 is 0.994. The molecule has 0 bridgehead atoms. The molecule has 1 fully saturated rings. The Labute approximate surface area is 109 Å². The summed E-state index contributed by atoms with van der Waals surface area (Å²) in [6.45, 7) is 3.27. The van der Waals surface area contributed by atoms with Gasteiger partial charge in [-0.25, -0.2) is 4.79 Å². The van der Waals surface area contributed by atoms with Crippen LogP contribution >= 0.6 is 11.3 Å². The quantitative estimate of drug-likeness (QED) is 0.876. The highest BCUT2D eigenvalue weighted by atomic mass is 32.1. The molecule has 0 atom stereocenters. The van der Waals surface area contributed by atoms with Gasteiger partial charge in [0.15, 0.2) is 0 Å². The topological polar surface area (TPSA) is 75.6 Å². The summed E-state index contributed by atoms with van der Waals surface area (Å²) in [6, 6.07) is 3.00. The van der Waals surface area contributed by atoms with Crippen LogP contribution in [-0.2, 0) is 4.74 Å². The first-order valence-corrected chi connectivity index (χ1v) is 6.55. The number of carbonyl (C=O) groups excluding carboxylic acids is 1. The van der Waals surface area contributed by atoms with Gasteiger partial charge < -0.3 is 15.2 Å². The number of aromatic carboxylic acids is 1. The second-order valence-corrected chi connectivity index (χ2v) is 5.68. The van der Waals surface area contributed by atoms with E-state index >= 15 is 0 Å². The zero-order chi connectivity index (χ0) is 13.2. The molecule has 0 radical (unpaired) electrons. The summed E-state index contributed by atoms with van der Waals surface area (Å²) < 4.78 is 5.26. The Hall–Kier alpha value is -1.40. The van der Waals surface area contributed by atoms with Gasteiger partial charge in [0, 0.05) is 18.8 Å². The number of thiophene rings is 1. The number of hydrogen-bond acceptors (Lipinski definition) is 4. The maximum Gasteiger partial charge on any atom is 0.345 e. The van der Waals surface area contributed by atoms with E-state index in [4.69, 9.17) is 9.84 Å². The van der Waals surface area contributed by atoms with E-state index in [0.717, 1.165) is 24.2 Å². The normalized spacial score (nSPS) is 18.3. The number of ether oxygens (including phenoxy) is 1. The molecule has 1 aromatic rings. The lowest BCUT2D eigenvalue weighted by atomic mass is 9.92. The summed E-state index contributed by atoms with van der Waals surface area (Å²) in [4.78, 5) is 23.4. The average molecular weight is 269 g/mol. The first kappa shape index (κ1) is 13.0. The van der Waals surface area contributed by atoms with Crippen LogP contribution in [0, 0.1) is 0 Å². The fourth-order valence-electron chi connectivity index (χ4n) is 1.86. The molecular weight excluding hydrogens is 254 g/mol. The van der Waals surface area contributed by atoms with Gasteiger partial charge in [-0.2, -0.15) is 0 Å². The minimum absolute atomic E-state index is 0.178. The molecule has 1 aliphatic heterocycles. The maximum absolute atomic E-state index is 12.0. The molecule has 2 rings (SSSR count). The van der Waals surface area contributed by atoms with Gasteiger partial charge in [0.1, 0.15) is 4.88 Å². The number of amides is 1. The Morgan fingerprint density at radius 3 is 2.50 bits per heavy atom. The fraction of sp³-hybridized carbons (Fsp3) is 0.500. The van der Waals surface area contributed by atoms with Crippen molar-refractivity contribution in [2.75, 3.05) is 13.2 Å². The molecule has 98 valence electrons. The molecule has 2 N–H and O–H groups in total. The number of carboxylic acids is 1. The summed E-state index contributed by atoms with van der Waals surface area (Å²) in [5, 5.41) is 11.8. The van der Waals surface area contributed by atoms with Crippen LogP contribution in [0.5, 0.6) is 0 Å². The van der Waals surface area contributed by atoms with Gasteiger partial charge in [-0.05, 0) is 31.9 Å². The summed E-state index contributed by atoms with van der Waals surface area (Å²) in [6.07, 6.45) is 1.55. The monoisotopic (exact) mass is 269 g/mol. The average Bonchev–Trinajstić information content (AvgIpc) is 2.78. The third kappa shape index (κ3) is 2.88. The van der Waals surface area contributed by atoms with Crippen LogP contribution in [0.4, 0.5) is 0 Å². The Bertz CT molecular complexity index is 462.